The van der Waals surface area contributed by atoms with E-state index in [1.807, 2.05) is 25.4 Å². The Morgan fingerprint density at radius 3 is 2.48 bits per heavy atom. The Balaban J connectivity index is 1.97. The van der Waals surface area contributed by atoms with Crippen LogP contribution in [0.5, 0.6) is 0 Å². The standard InChI is InChI=1S/C24H26N4O4S/c1-16(32-11-10-25)33(30,31)23-7-5-4-6-19(23)22-15-27(2)24(29)20-9-8-17(12-21(20)22)18-13-26-28(3)14-18/h4-9,12-16H,10-11,25H2,1-3H3. The summed E-state index contributed by atoms with van der Waals surface area (Å²) < 4.78 is 35.3. The van der Waals surface area contributed by atoms with Gasteiger partial charge in [-0.25, -0.2) is 8.42 Å². The maximum atomic E-state index is 13.4. The van der Waals surface area contributed by atoms with E-state index in [0.717, 1.165) is 11.1 Å². The van der Waals surface area contributed by atoms with Crippen LogP contribution < -0.4 is 11.3 Å². The zero-order valence-electron chi connectivity index (χ0n) is 18.7. The maximum absolute atomic E-state index is 13.4. The molecule has 2 N–H and O–H groups in total. The van der Waals surface area contributed by atoms with Crippen molar-refractivity contribution >= 4 is 20.6 Å². The van der Waals surface area contributed by atoms with Crippen molar-refractivity contribution in [3.05, 3.63) is 71.4 Å². The summed E-state index contributed by atoms with van der Waals surface area (Å²) in [5, 5.41) is 5.39. The van der Waals surface area contributed by atoms with E-state index in [2.05, 4.69) is 5.10 Å². The number of sulfone groups is 1. The molecule has 33 heavy (non-hydrogen) atoms. The summed E-state index contributed by atoms with van der Waals surface area (Å²) in [5.41, 5.74) is 7.18. The van der Waals surface area contributed by atoms with E-state index in [0.29, 0.717) is 21.9 Å². The minimum Gasteiger partial charge on any atom is -0.361 e. The molecule has 0 radical (unpaired) electrons. The quantitative estimate of drug-likeness (QED) is 0.449. The van der Waals surface area contributed by atoms with Gasteiger partial charge < -0.3 is 15.0 Å². The molecule has 2 aromatic carbocycles. The van der Waals surface area contributed by atoms with Crippen LogP contribution in [0.3, 0.4) is 0 Å². The van der Waals surface area contributed by atoms with Crippen LogP contribution in [0.4, 0.5) is 0 Å². The zero-order valence-corrected chi connectivity index (χ0v) is 19.5. The molecule has 0 aliphatic carbocycles. The molecule has 8 nitrogen and oxygen atoms in total. The van der Waals surface area contributed by atoms with Gasteiger partial charge in [0.1, 0.15) is 0 Å². The van der Waals surface area contributed by atoms with Crippen molar-refractivity contribution < 1.29 is 13.2 Å². The van der Waals surface area contributed by atoms with Crippen LogP contribution in [0, 0.1) is 0 Å². The first-order chi connectivity index (χ1) is 15.7. The number of aromatic nitrogens is 3. The van der Waals surface area contributed by atoms with Crippen LogP contribution in [0.15, 0.2) is 70.7 Å². The summed E-state index contributed by atoms with van der Waals surface area (Å²) in [6.07, 6.45) is 5.31. The number of nitrogens with zero attached hydrogens (tertiary/aromatic N) is 3. The van der Waals surface area contributed by atoms with E-state index in [1.54, 1.807) is 54.5 Å². The zero-order chi connectivity index (χ0) is 23.8. The van der Waals surface area contributed by atoms with Gasteiger partial charge in [-0.1, -0.05) is 24.3 Å². The second-order valence-corrected chi connectivity index (χ2v) is 10.1. The number of rotatable bonds is 7. The second kappa shape index (κ2) is 8.93. The Kier molecular flexibility index (Phi) is 6.20. The lowest BCUT2D eigenvalue weighted by atomic mass is 9.97. The van der Waals surface area contributed by atoms with Crippen molar-refractivity contribution in [3.8, 4) is 22.3 Å². The second-order valence-electron chi connectivity index (χ2n) is 7.89. The van der Waals surface area contributed by atoms with E-state index in [-0.39, 0.29) is 23.6 Å². The highest BCUT2D eigenvalue weighted by Gasteiger charge is 2.27. The number of pyridine rings is 1. The monoisotopic (exact) mass is 466 g/mol. The van der Waals surface area contributed by atoms with Crippen molar-refractivity contribution in [2.24, 2.45) is 19.8 Å². The Morgan fingerprint density at radius 2 is 1.79 bits per heavy atom. The molecule has 1 unspecified atom stereocenters. The molecule has 0 aliphatic heterocycles. The lowest BCUT2D eigenvalue weighted by molar-refractivity contribution is 0.124. The third-order valence-corrected chi connectivity index (χ3v) is 7.59. The highest BCUT2D eigenvalue weighted by Crippen LogP contribution is 2.35. The minimum atomic E-state index is -3.82. The van der Waals surface area contributed by atoms with Crippen molar-refractivity contribution in [2.45, 2.75) is 17.3 Å². The Hall–Kier alpha value is -3.27. The summed E-state index contributed by atoms with van der Waals surface area (Å²) >= 11 is 0. The number of nitrogens with two attached hydrogens (primary N) is 1. The highest BCUT2D eigenvalue weighted by molar-refractivity contribution is 7.92. The lowest BCUT2D eigenvalue weighted by Gasteiger charge is -2.18. The van der Waals surface area contributed by atoms with Gasteiger partial charge in [0.2, 0.25) is 9.84 Å². The third kappa shape index (κ3) is 4.22. The predicted octanol–water partition coefficient (Wildman–Crippen LogP) is 2.70. The molecule has 1 atom stereocenters. The number of fused-ring (bicyclic) bond motifs is 1. The number of aryl methyl sites for hydroxylation is 2. The van der Waals surface area contributed by atoms with Crippen molar-refractivity contribution in [1.82, 2.24) is 14.3 Å². The fourth-order valence-electron chi connectivity index (χ4n) is 3.87. The van der Waals surface area contributed by atoms with Crippen molar-refractivity contribution in [3.63, 3.8) is 0 Å². The molecule has 4 rings (SSSR count). The Labute approximate surface area is 192 Å². The first kappa shape index (κ1) is 22.9. The molecule has 0 saturated carbocycles. The summed E-state index contributed by atoms with van der Waals surface area (Å²) in [5.74, 6) is 0. The predicted molar refractivity (Wildman–Crippen MR) is 128 cm³/mol. The third-order valence-electron chi connectivity index (χ3n) is 5.61. The Morgan fingerprint density at radius 1 is 1.03 bits per heavy atom. The van der Waals surface area contributed by atoms with Crippen LogP contribution >= 0.6 is 0 Å². The molecule has 9 heteroatoms. The summed E-state index contributed by atoms with van der Waals surface area (Å²) in [4.78, 5) is 13.0. The fraction of sp³-hybridized carbons (Fsp3) is 0.250. The van der Waals surface area contributed by atoms with Gasteiger partial charge in [0.25, 0.3) is 5.56 Å². The number of hydrogen-bond acceptors (Lipinski definition) is 6. The number of ether oxygens (including phenoxy) is 1. The molecule has 0 amide bonds. The van der Waals surface area contributed by atoms with E-state index in [9.17, 15) is 13.2 Å². The van der Waals surface area contributed by atoms with Crippen molar-refractivity contribution in [2.75, 3.05) is 13.2 Å². The summed E-state index contributed by atoms with van der Waals surface area (Å²) in [7, 11) is -0.328. The molecule has 0 spiro atoms. The van der Waals surface area contributed by atoms with Gasteiger partial charge in [-0.05, 0) is 36.1 Å². The Bertz CT molecular complexity index is 1490. The van der Waals surface area contributed by atoms with Crippen LogP contribution in [0.25, 0.3) is 33.0 Å². The normalized spacial score (nSPS) is 12.8. The van der Waals surface area contributed by atoms with Gasteiger partial charge in [0.15, 0.2) is 5.44 Å². The average Bonchev–Trinajstić information content (AvgIpc) is 3.25. The fourth-order valence-corrected chi connectivity index (χ4v) is 5.26. The molecular weight excluding hydrogens is 440 g/mol. The van der Waals surface area contributed by atoms with Gasteiger partial charge >= 0.3 is 0 Å². The minimum absolute atomic E-state index is 0.139. The van der Waals surface area contributed by atoms with Gasteiger partial charge in [0.05, 0.1) is 17.7 Å². The van der Waals surface area contributed by atoms with Gasteiger partial charge in [0, 0.05) is 55.1 Å². The molecule has 2 aromatic heterocycles. The molecule has 0 fully saturated rings. The first-order valence-electron chi connectivity index (χ1n) is 10.5. The van der Waals surface area contributed by atoms with Gasteiger partial charge in [-0.15, -0.1) is 0 Å². The molecule has 4 aromatic rings. The molecule has 172 valence electrons. The van der Waals surface area contributed by atoms with Crippen LogP contribution in [-0.2, 0) is 28.7 Å². The summed E-state index contributed by atoms with van der Waals surface area (Å²) in [6.45, 7) is 1.87. The van der Waals surface area contributed by atoms with E-state index in [1.165, 1.54) is 11.5 Å². The topological polar surface area (TPSA) is 109 Å². The maximum Gasteiger partial charge on any atom is 0.258 e. The lowest BCUT2D eigenvalue weighted by Crippen LogP contribution is -2.25. The molecule has 0 saturated heterocycles. The number of hydrogen-bond donors (Lipinski definition) is 1. The molecule has 0 bridgehead atoms. The van der Waals surface area contributed by atoms with Crippen LogP contribution in [-0.4, -0.2) is 41.4 Å². The van der Waals surface area contributed by atoms with Gasteiger partial charge in [-0.2, -0.15) is 5.10 Å². The molecular formula is C24H26N4O4S. The largest absolute Gasteiger partial charge is 0.361 e. The number of benzene rings is 2. The van der Waals surface area contributed by atoms with Gasteiger partial charge in [-0.3, -0.25) is 9.48 Å². The van der Waals surface area contributed by atoms with Crippen molar-refractivity contribution in [1.29, 1.82) is 0 Å². The highest BCUT2D eigenvalue weighted by atomic mass is 32.2. The average molecular weight is 467 g/mol. The van der Waals surface area contributed by atoms with Crippen LogP contribution in [0.2, 0.25) is 0 Å². The smallest absolute Gasteiger partial charge is 0.258 e. The van der Waals surface area contributed by atoms with E-state index >= 15 is 0 Å². The SMILES string of the molecule is CC(OCCN)S(=O)(=O)c1ccccc1-c1cn(C)c(=O)c2ccc(-c3cnn(C)c3)cc12. The van der Waals surface area contributed by atoms with Crippen LogP contribution in [0.1, 0.15) is 6.92 Å². The molecule has 0 aliphatic rings. The molecule has 2 heterocycles. The summed E-state index contributed by atoms with van der Waals surface area (Å²) in [6, 6.07) is 12.3. The first-order valence-corrected chi connectivity index (χ1v) is 12.1. The van der Waals surface area contributed by atoms with E-state index in [4.69, 9.17) is 10.5 Å². The van der Waals surface area contributed by atoms with E-state index < -0.39 is 15.3 Å².